The number of hydrogen-bond donors (Lipinski definition) is 2. The number of fused-ring (bicyclic) bond motifs is 1. The zero-order valence-corrected chi connectivity index (χ0v) is 14.9. The van der Waals surface area contributed by atoms with Gasteiger partial charge in [-0.15, -0.1) is 6.58 Å². The second-order valence-corrected chi connectivity index (χ2v) is 6.09. The number of halogens is 1. The minimum atomic E-state index is -0.401. The third kappa shape index (κ3) is 3.45. The summed E-state index contributed by atoms with van der Waals surface area (Å²) in [5.41, 5.74) is 2.18. The van der Waals surface area contributed by atoms with Crippen LogP contribution >= 0.6 is 11.6 Å². The van der Waals surface area contributed by atoms with Crippen molar-refractivity contribution < 1.29 is 9.59 Å². The van der Waals surface area contributed by atoms with E-state index < -0.39 is 5.91 Å². The average Bonchev–Trinajstić information content (AvgIpc) is 3.02. The van der Waals surface area contributed by atoms with E-state index in [1.54, 1.807) is 53.1 Å². The molecule has 3 aromatic rings. The highest BCUT2D eigenvalue weighted by Gasteiger charge is 2.21. The Labute approximate surface area is 155 Å². The zero-order chi connectivity index (χ0) is 18.7. The van der Waals surface area contributed by atoms with Crippen molar-refractivity contribution in [3.63, 3.8) is 0 Å². The van der Waals surface area contributed by atoms with Crippen LogP contribution in [0.5, 0.6) is 0 Å². The molecule has 2 aromatic heterocycles. The van der Waals surface area contributed by atoms with E-state index in [0.717, 1.165) is 5.56 Å². The summed E-state index contributed by atoms with van der Waals surface area (Å²) in [4.78, 5) is 29.3. The van der Waals surface area contributed by atoms with Gasteiger partial charge < -0.3 is 10.6 Å². The Hall–Kier alpha value is -3.12. The van der Waals surface area contributed by atoms with E-state index >= 15 is 0 Å². The van der Waals surface area contributed by atoms with Gasteiger partial charge in [0, 0.05) is 23.5 Å². The molecular formula is C19H17ClN4O2. The Morgan fingerprint density at radius 1 is 1.27 bits per heavy atom. The number of imidazole rings is 1. The Bertz CT molecular complexity index is 1010. The van der Waals surface area contributed by atoms with Gasteiger partial charge in [-0.3, -0.25) is 14.0 Å². The fourth-order valence-electron chi connectivity index (χ4n) is 2.56. The number of benzene rings is 1. The van der Waals surface area contributed by atoms with Gasteiger partial charge in [0.05, 0.1) is 5.52 Å². The molecule has 0 aliphatic heterocycles. The van der Waals surface area contributed by atoms with Crippen LogP contribution < -0.4 is 10.6 Å². The Kier molecular flexibility index (Phi) is 5.04. The van der Waals surface area contributed by atoms with E-state index in [1.165, 1.54) is 0 Å². The lowest BCUT2D eigenvalue weighted by Crippen LogP contribution is -2.25. The zero-order valence-electron chi connectivity index (χ0n) is 14.1. The van der Waals surface area contributed by atoms with Crippen molar-refractivity contribution in [1.82, 2.24) is 14.7 Å². The second kappa shape index (κ2) is 7.41. The van der Waals surface area contributed by atoms with Crippen molar-refractivity contribution in [2.75, 3.05) is 11.9 Å². The maximum atomic E-state index is 12.7. The SMILES string of the molecule is C=CCNC(=O)c1nc(C(=O)Nc2ccc(Cl)cc2C)c2ccccn12. The number of rotatable bonds is 5. The standard InChI is InChI=1S/C19H17ClN4O2/c1-3-9-21-19(26)17-23-16(15-6-4-5-10-24(15)17)18(25)22-14-8-7-13(20)11-12(14)2/h3-8,10-11H,1,9H2,2H3,(H,21,26)(H,22,25). The van der Waals surface area contributed by atoms with Gasteiger partial charge in [0.1, 0.15) is 0 Å². The van der Waals surface area contributed by atoms with Crippen molar-refractivity contribution in [2.45, 2.75) is 6.92 Å². The fourth-order valence-corrected chi connectivity index (χ4v) is 2.78. The molecule has 2 heterocycles. The molecule has 0 radical (unpaired) electrons. The third-order valence-electron chi connectivity index (χ3n) is 3.81. The molecule has 0 unspecified atom stereocenters. The number of aryl methyl sites for hydroxylation is 1. The van der Waals surface area contributed by atoms with Crippen LogP contribution in [-0.2, 0) is 0 Å². The lowest BCUT2D eigenvalue weighted by molar-refractivity contribution is 0.0947. The van der Waals surface area contributed by atoms with Gasteiger partial charge in [0.2, 0.25) is 5.82 Å². The van der Waals surface area contributed by atoms with Crippen LogP contribution in [-0.4, -0.2) is 27.7 Å². The summed E-state index contributed by atoms with van der Waals surface area (Å²) in [6, 6.07) is 10.5. The van der Waals surface area contributed by atoms with E-state index in [2.05, 4.69) is 22.2 Å². The Balaban J connectivity index is 1.97. The van der Waals surface area contributed by atoms with Crippen molar-refractivity contribution in [3.8, 4) is 0 Å². The molecule has 0 aliphatic carbocycles. The first-order valence-electron chi connectivity index (χ1n) is 7.95. The number of anilines is 1. The number of amides is 2. The number of carbonyl (C=O) groups is 2. The summed E-state index contributed by atoms with van der Waals surface area (Å²) in [6.07, 6.45) is 3.26. The summed E-state index contributed by atoms with van der Waals surface area (Å²) in [7, 11) is 0. The predicted molar refractivity (Wildman–Crippen MR) is 102 cm³/mol. The van der Waals surface area contributed by atoms with E-state index in [9.17, 15) is 9.59 Å². The van der Waals surface area contributed by atoms with Gasteiger partial charge in [-0.05, 0) is 42.8 Å². The van der Waals surface area contributed by atoms with Crippen LogP contribution in [0, 0.1) is 6.92 Å². The quantitative estimate of drug-likeness (QED) is 0.677. The number of nitrogens with one attached hydrogen (secondary N) is 2. The Morgan fingerprint density at radius 2 is 2.08 bits per heavy atom. The highest BCUT2D eigenvalue weighted by Crippen LogP contribution is 2.21. The largest absolute Gasteiger partial charge is 0.346 e. The topological polar surface area (TPSA) is 75.5 Å². The molecule has 0 bridgehead atoms. The summed E-state index contributed by atoms with van der Waals surface area (Å²) < 4.78 is 1.59. The molecule has 0 saturated heterocycles. The highest BCUT2D eigenvalue weighted by atomic mass is 35.5. The molecule has 3 rings (SSSR count). The number of carbonyl (C=O) groups excluding carboxylic acids is 2. The van der Waals surface area contributed by atoms with Crippen LogP contribution in [0.3, 0.4) is 0 Å². The van der Waals surface area contributed by atoms with Gasteiger partial charge >= 0.3 is 0 Å². The smallest absolute Gasteiger partial charge is 0.287 e. The molecule has 0 spiro atoms. The minimum Gasteiger partial charge on any atom is -0.346 e. The molecule has 1 aromatic carbocycles. The molecule has 7 heteroatoms. The van der Waals surface area contributed by atoms with E-state index in [4.69, 9.17) is 11.6 Å². The number of pyridine rings is 1. The van der Waals surface area contributed by atoms with Crippen LogP contribution in [0.2, 0.25) is 5.02 Å². The summed E-state index contributed by atoms with van der Waals surface area (Å²) in [6.45, 7) is 5.73. The van der Waals surface area contributed by atoms with Crippen LogP contribution in [0.25, 0.3) is 5.52 Å². The van der Waals surface area contributed by atoms with E-state index in [0.29, 0.717) is 22.8 Å². The molecule has 26 heavy (non-hydrogen) atoms. The van der Waals surface area contributed by atoms with Gasteiger partial charge in [-0.1, -0.05) is 23.7 Å². The maximum Gasteiger partial charge on any atom is 0.287 e. The monoisotopic (exact) mass is 368 g/mol. The average molecular weight is 369 g/mol. The number of aromatic nitrogens is 2. The van der Waals surface area contributed by atoms with Crippen molar-refractivity contribution in [1.29, 1.82) is 0 Å². The molecule has 0 fully saturated rings. The van der Waals surface area contributed by atoms with Crippen LogP contribution in [0.4, 0.5) is 5.69 Å². The van der Waals surface area contributed by atoms with Gasteiger partial charge in [-0.25, -0.2) is 4.98 Å². The molecule has 6 nitrogen and oxygen atoms in total. The molecule has 132 valence electrons. The highest BCUT2D eigenvalue weighted by molar-refractivity contribution is 6.30. The first kappa shape index (κ1) is 17.7. The molecular weight excluding hydrogens is 352 g/mol. The second-order valence-electron chi connectivity index (χ2n) is 5.65. The van der Waals surface area contributed by atoms with Crippen molar-refractivity contribution in [2.24, 2.45) is 0 Å². The van der Waals surface area contributed by atoms with E-state index in [1.807, 2.05) is 6.92 Å². The summed E-state index contributed by atoms with van der Waals surface area (Å²) in [5.74, 6) is -0.643. The first-order valence-corrected chi connectivity index (χ1v) is 8.32. The summed E-state index contributed by atoms with van der Waals surface area (Å²) in [5, 5.41) is 6.08. The van der Waals surface area contributed by atoms with Gasteiger partial charge in [0.25, 0.3) is 11.8 Å². The van der Waals surface area contributed by atoms with Crippen LogP contribution in [0.1, 0.15) is 26.7 Å². The van der Waals surface area contributed by atoms with Gasteiger partial charge in [0.15, 0.2) is 5.69 Å². The van der Waals surface area contributed by atoms with Crippen molar-refractivity contribution in [3.05, 3.63) is 77.4 Å². The lowest BCUT2D eigenvalue weighted by atomic mass is 10.2. The predicted octanol–water partition coefficient (Wildman–Crippen LogP) is 3.46. The van der Waals surface area contributed by atoms with Crippen molar-refractivity contribution >= 4 is 34.6 Å². The first-order chi connectivity index (χ1) is 12.5. The van der Waals surface area contributed by atoms with Crippen LogP contribution in [0.15, 0.2) is 55.3 Å². The number of hydrogen-bond acceptors (Lipinski definition) is 3. The molecule has 0 saturated carbocycles. The summed E-state index contributed by atoms with van der Waals surface area (Å²) >= 11 is 5.95. The molecule has 0 aliphatic rings. The fraction of sp³-hybridized carbons (Fsp3) is 0.105. The number of nitrogens with zero attached hydrogens (tertiary/aromatic N) is 2. The van der Waals surface area contributed by atoms with Gasteiger partial charge in [-0.2, -0.15) is 0 Å². The maximum absolute atomic E-state index is 12.7. The van der Waals surface area contributed by atoms with E-state index in [-0.39, 0.29) is 17.4 Å². The molecule has 0 atom stereocenters. The molecule has 2 N–H and O–H groups in total. The third-order valence-corrected chi connectivity index (χ3v) is 4.05. The normalized spacial score (nSPS) is 10.5. The lowest BCUT2D eigenvalue weighted by Gasteiger charge is -2.07. The molecule has 2 amide bonds. The Morgan fingerprint density at radius 3 is 2.81 bits per heavy atom. The minimum absolute atomic E-state index is 0.139.